The molecule has 2 unspecified atom stereocenters. The Morgan fingerprint density at radius 1 is 0.737 bits per heavy atom. The normalized spacial score (nSPS) is 15.3. The van der Waals surface area contributed by atoms with Crippen molar-refractivity contribution in [3.05, 3.63) is 35.4 Å². The molecule has 1 aromatic carbocycles. The Bertz CT molecular complexity index is 1340. The Hall–Kier alpha value is -2.42. The molecule has 1 aromatic rings. The molecule has 0 bridgehead atoms. The molecule has 0 spiro atoms. The van der Waals surface area contributed by atoms with Gasteiger partial charge >= 0.3 is 23.8 Å². The Balaban J connectivity index is 1.63. The second-order valence-electron chi connectivity index (χ2n) is 16.0. The number of esters is 2. The molecule has 2 atom stereocenters. The summed E-state index contributed by atoms with van der Waals surface area (Å²) in [6.45, 7) is 2.62. The zero-order chi connectivity index (χ0) is 42.0. The Morgan fingerprint density at radius 2 is 1.26 bits per heavy atom. The summed E-state index contributed by atoms with van der Waals surface area (Å²) in [5.41, 5.74) is -1.58. The minimum atomic E-state index is -4.69. The first kappa shape index (κ1) is 50.7. The number of ether oxygens (including phenoxy) is 3. The van der Waals surface area contributed by atoms with Gasteiger partial charge in [-0.1, -0.05) is 121 Å². The van der Waals surface area contributed by atoms with Gasteiger partial charge < -0.3 is 32.6 Å². The number of hydrogen-bond donors (Lipinski definition) is 0. The molecule has 1 heterocycles. The number of nitrogens with zero attached hydrogens (tertiary/aromatic N) is 3. The maximum Gasteiger partial charge on any atom is 0.442 e. The summed E-state index contributed by atoms with van der Waals surface area (Å²) < 4.78 is 78.9. The lowest BCUT2D eigenvalue weighted by Gasteiger charge is -2.28. The standard InChI is InChI=1S/C41H69F3N3O9P/c1-5-6-7-8-9-10-11-12-13-14-15-16-19-22-38(48)53-33-37(34-55-57(50,51)54-32-29-47(2,3)4)56-39(49)23-20-17-18-21-30-52-31-28-35-24-26-36(27-25-35)40(45-46-40)41(42,43)44/h24-27,37H,5-23,28-34H2,1-4H3. The van der Waals surface area contributed by atoms with Gasteiger partial charge in [-0.05, 0) is 31.2 Å². The van der Waals surface area contributed by atoms with Crippen LogP contribution in [0.25, 0.3) is 0 Å². The molecular formula is C41H69F3N3O9P. The molecule has 1 aliphatic rings. The molecule has 16 heteroatoms. The second-order valence-corrected chi connectivity index (χ2v) is 17.4. The summed E-state index contributed by atoms with van der Waals surface area (Å²) in [5.74, 6) is -1.00. The predicted molar refractivity (Wildman–Crippen MR) is 210 cm³/mol. The van der Waals surface area contributed by atoms with Crippen molar-refractivity contribution >= 4 is 19.8 Å². The number of halogens is 3. The topological polar surface area (TPSA) is 145 Å². The van der Waals surface area contributed by atoms with Crippen LogP contribution in [0.4, 0.5) is 13.2 Å². The van der Waals surface area contributed by atoms with Crippen LogP contribution in [-0.4, -0.2) is 89.4 Å². The number of rotatable bonds is 35. The van der Waals surface area contributed by atoms with E-state index in [1.807, 2.05) is 21.1 Å². The first-order valence-electron chi connectivity index (χ1n) is 21.0. The quantitative estimate of drug-likeness (QED) is 0.0283. The number of phosphoric ester groups is 1. The van der Waals surface area contributed by atoms with Gasteiger partial charge in [0.2, 0.25) is 0 Å². The van der Waals surface area contributed by atoms with Crippen LogP contribution in [0.1, 0.15) is 140 Å². The summed E-state index contributed by atoms with van der Waals surface area (Å²) >= 11 is 0. The zero-order valence-corrected chi connectivity index (χ0v) is 35.8. The molecular weight excluding hydrogens is 766 g/mol. The van der Waals surface area contributed by atoms with Crippen LogP contribution in [0.3, 0.4) is 0 Å². The molecule has 328 valence electrons. The van der Waals surface area contributed by atoms with E-state index in [2.05, 4.69) is 17.2 Å². The largest absolute Gasteiger partial charge is 0.756 e. The average molecular weight is 836 g/mol. The van der Waals surface area contributed by atoms with Gasteiger partial charge in [0.15, 0.2) is 6.10 Å². The molecule has 57 heavy (non-hydrogen) atoms. The van der Waals surface area contributed by atoms with Gasteiger partial charge in [0.1, 0.15) is 19.8 Å². The van der Waals surface area contributed by atoms with Crippen molar-refractivity contribution < 1.29 is 60.0 Å². The molecule has 0 amide bonds. The minimum absolute atomic E-state index is 0.00400. The van der Waals surface area contributed by atoms with E-state index in [0.29, 0.717) is 43.5 Å². The summed E-state index contributed by atoms with van der Waals surface area (Å²) in [5, 5.41) is 6.43. The first-order chi connectivity index (χ1) is 27.1. The van der Waals surface area contributed by atoms with Gasteiger partial charge in [-0.2, -0.15) is 13.2 Å². The van der Waals surface area contributed by atoms with E-state index in [4.69, 9.17) is 23.3 Å². The van der Waals surface area contributed by atoms with Crippen LogP contribution in [0.15, 0.2) is 34.5 Å². The van der Waals surface area contributed by atoms with Gasteiger partial charge in [-0.3, -0.25) is 14.2 Å². The minimum Gasteiger partial charge on any atom is -0.756 e. The van der Waals surface area contributed by atoms with Crippen LogP contribution in [0.5, 0.6) is 0 Å². The number of quaternary nitrogens is 1. The van der Waals surface area contributed by atoms with Gasteiger partial charge in [0, 0.05) is 25.0 Å². The lowest BCUT2D eigenvalue weighted by atomic mass is 10.0. The maximum atomic E-state index is 13.2. The van der Waals surface area contributed by atoms with E-state index in [1.54, 1.807) is 12.1 Å². The molecule has 0 aromatic heterocycles. The van der Waals surface area contributed by atoms with E-state index in [-0.39, 0.29) is 31.6 Å². The van der Waals surface area contributed by atoms with Crippen molar-refractivity contribution in [2.45, 2.75) is 153 Å². The van der Waals surface area contributed by atoms with E-state index >= 15 is 0 Å². The fourth-order valence-electron chi connectivity index (χ4n) is 6.01. The average Bonchev–Trinajstić information content (AvgIpc) is 3.97. The molecule has 0 aliphatic carbocycles. The molecule has 0 fully saturated rings. The van der Waals surface area contributed by atoms with E-state index in [0.717, 1.165) is 44.1 Å². The van der Waals surface area contributed by atoms with Crippen LogP contribution in [0.2, 0.25) is 0 Å². The zero-order valence-electron chi connectivity index (χ0n) is 34.9. The van der Waals surface area contributed by atoms with Crippen molar-refractivity contribution in [2.24, 2.45) is 10.2 Å². The highest BCUT2D eigenvalue weighted by atomic mass is 31.2. The Labute approximate surface area is 338 Å². The first-order valence-corrected chi connectivity index (χ1v) is 22.5. The molecule has 0 saturated carbocycles. The van der Waals surface area contributed by atoms with Crippen molar-refractivity contribution in [2.75, 3.05) is 60.7 Å². The number of benzene rings is 1. The van der Waals surface area contributed by atoms with Crippen LogP contribution in [0, 0.1) is 0 Å². The van der Waals surface area contributed by atoms with Crippen molar-refractivity contribution in [3.63, 3.8) is 0 Å². The highest BCUT2D eigenvalue weighted by Crippen LogP contribution is 2.52. The molecule has 1 aliphatic heterocycles. The Kier molecular flexibility index (Phi) is 24.3. The van der Waals surface area contributed by atoms with Crippen molar-refractivity contribution in [1.82, 2.24) is 0 Å². The lowest BCUT2D eigenvalue weighted by Crippen LogP contribution is -2.37. The van der Waals surface area contributed by atoms with Crippen LogP contribution >= 0.6 is 7.82 Å². The van der Waals surface area contributed by atoms with Crippen LogP contribution < -0.4 is 4.89 Å². The molecule has 0 radical (unpaired) electrons. The number of alkyl halides is 3. The molecule has 12 nitrogen and oxygen atoms in total. The van der Waals surface area contributed by atoms with E-state index < -0.39 is 44.3 Å². The van der Waals surface area contributed by atoms with Gasteiger partial charge in [0.05, 0.1) is 34.4 Å². The maximum absolute atomic E-state index is 13.2. The van der Waals surface area contributed by atoms with Crippen LogP contribution in [-0.2, 0) is 49.5 Å². The predicted octanol–water partition coefficient (Wildman–Crippen LogP) is 9.52. The third-order valence-electron chi connectivity index (χ3n) is 9.65. The third kappa shape index (κ3) is 23.7. The van der Waals surface area contributed by atoms with E-state index in [1.165, 1.54) is 69.9 Å². The molecule has 2 rings (SSSR count). The number of phosphoric acid groups is 1. The van der Waals surface area contributed by atoms with Gasteiger partial charge in [-0.25, -0.2) is 0 Å². The number of unbranched alkanes of at least 4 members (excludes halogenated alkanes) is 15. The fourth-order valence-corrected chi connectivity index (χ4v) is 6.74. The lowest BCUT2D eigenvalue weighted by molar-refractivity contribution is -0.870. The molecule has 0 saturated heterocycles. The number of likely N-dealkylation sites (N-methyl/N-ethyl adjacent to an activating group) is 1. The van der Waals surface area contributed by atoms with Gasteiger partial charge in [0.25, 0.3) is 7.82 Å². The van der Waals surface area contributed by atoms with Crippen molar-refractivity contribution in [3.8, 4) is 0 Å². The summed E-state index contributed by atoms with van der Waals surface area (Å²) in [4.78, 5) is 37.5. The van der Waals surface area contributed by atoms with Crippen molar-refractivity contribution in [1.29, 1.82) is 0 Å². The SMILES string of the molecule is CCCCCCCCCCCCCCCC(=O)OCC(COP(=O)([O-])OCC[N+](C)(C)C)OC(=O)CCCCCCOCCc1ccc(C2(C(F)(F)F)N=N2)cc1. The Morgan fingerprint density at radius 3 is 1.79 bits per heavy atom. The monoisotopic (exact) mass is 835 g/mol. The fraction of sp³-hybridized carbons (Fsp3) is 0.805. The number of carbonyl (C=O) groups is 2. The number of carbonyl (C=O) groups excluding carboxylic acids is 2. The molecule has 0 N–H and O–H groups in total. The highest BCUT2D eigenvalue weighted by molar-refractivity contribution is 7.45. The van der Waals surface area contributed by atoms with Gasteiger partial charge in [-0.15, -0.1) is 10.2 Å². The summed E-state index contributed by atoms with van der Waals surface area (Å²) in [6.07, 6.45) is 13.5. The van der Waals surface area contributed by atoms with E-state index in [9.17, 15) is 32.2 Å². The number of hydrogen-bond acceptors (Lipinski definition) is 11. The summed E-state index contributed by atoms with van der Waals surface area (Å²) in [7, 11) is 0.998. The third-order valence-corrected chi connectivity index (χ3v) is 10.6. The smallest absolute Gasteiger partial charge is 0.442 e. The highest BCUT2D eigenvalue weighted by Gasteiger charge is 2.65. The second kappa shape index (κ2) is 27.4. The summed E-state index contributed by atoms with van der Waals surface area (Å²) in [6, 6.07) is 6.03.